The average molecular weight is 427 g/mol. The molecular formula is C21H21N3O5S. The lowest BCUT2D eigenvalue weighted by Crippen LogP contribution is -2.44. The number of esters is 1. The van der Waals surface area contributed by atoms with Gasteiger partial charge in [0.15, 0.2) is 0 Å². The zero-order valence-corrected chi connectivity index (χ0v) is 17.0. The van der Waals surface area contributed by atoms with Crippen molar-refractivity contribution < 1.29 is 23.6 Å². The summed E-state index contributed by atoms with van der Waals surface area (Å²) >= 11 is 1.54. The number of ether oxygens (including phenoxy) is 2. The Morgan fingerprint density at radius 2 is 1.97 bits per heavy atom. The van der Waals surface area contributed by atoms with E-state index in [0.717, 1.165) is 5.56 Å². The standard InChI is InChI=1S/C21H21N3O5S/c25-18(7-6-17-22-20(23-29-17)16-8-13-30-14-16)28-19(15-4-2-1-3-5-15)21(26)24-9-11-27-12-10-24/h1-5,8,13-14,19H,6-7,9-12H2. The number of thiophene rings is 1. The van der Waals surface area contributed by atoms with Gasteiger partial charge in [-0.2, -0.15) is 16.3 Å². The van der Waals surface area contributed by atoms with Gasteiger partial charge >= 0.3 is 5.97 Å². The predicted molar refractivity (Wildman–Crippen MR) is 109 cm³/mol. The fraction of sp³-hybridized carbons (Fsp3) is 0.333. The van der Waals surface area contributed by atoms with E-state index in [2.05, 4.69) is 10.1 Å². The fourth-order valence-electron chi connectivity index (χ4n) is 3.10. The summed E-state index contributed by atoms with van der Waals surface area (Å²) in [5.74, 6) is 0.101. The number of carbonyl (C=O) groups excluding carboxylic acids is 2. The number of nitrogens with zero attached hydrogens (tertiary/aromatic N) is 3. The minimum absolute atomic E-state index is 0.0327. The third-order valence-electron chi connectivity index (χ3n) is 4.69. The minimum Gasteiger partial charge on any atom is -0.447 e. The maximum atomic E-state index is 13.0. The molecule has 1 fully saturated rings. The Morgan fingerprint density at radius 3 is 2.70 bits per heavy atom. The number of morpholine rings is 1. The summed E-state index contributed by atoms with van der Waals surface area (Å²) in [7, 11) is 0. The quantitative estimate of drug-likeness (QED) is 0.535. The van der Waals surface area contributed by atoms with E-state index in [0.29, 0.717) is 43.6 Å². The second-order valence-electron chi connectivity index (χ2n) is 6.74. The first-order valence-electron chi connectivity index (χ1n) is 9.67. The molecule has 1 aliphatic rings. The van der Waals surface area contributed by atoms with Gasteiger partial charge in [0.1, 0.15) is 0 Å². The summed E-state index contributed by atoms with van der Waals surface area (Å²) in [4.78, 5) is 31.5. The Labute approximate surface area is 177 Å². The molecular weight excluding hydrogens is 406 g/mol. The van der Waals surface area contributed by atoms with Crippen LogP contribution in [0.15, 0.2) is 51.7 Å². The van der Waals surface area contributed by atoms with Gasteiger partial charge in [-0.05, 0) is 11.4 Å². The largest absolute Gasteiger partial charge is 0.447 e. The molecule has 1 atom stereocenters. The molecule has 1 aromatic carbocycles. The van der Waals surface area contributed by atoms with Gasteiger partial charge in [0, 0.05) is 36.0 Å². The third-order valence-corrected chi connectivity index (χ3v) is 5.37. The van der Waals surface area contributed by atoms with E-state index in [1.54, 1.807) is 28.4 Å². The number of carbonyl (C=O) groups is 2. The third kappa shape index (κ3) is 4.92. The molecule has 1 unspecified atom stereocenters. The highest BCUT2D eigenvalue weighted by Crippen LogP contribution is 2.23. The number of aromatic nitrogens is 2. The summed E-state index contributed by atoms with van der Waals surface area (Å²) in [6.07, 6.45) is -0.713. The van der Waals surface area contributed by atoms with E-state index in [1.165, 1.54) is 0 Å². The molecule has 1 amide bonds. The molecule has 3 heterocycles. The summed E-state index contributed by atoms with van der Waals surface area (Å²) in [6, 6.07) is 10.9. The molecule has 1 saturated heterocycles. The van der Waals surface area contributed by atoms with Crippen molar-refractivity contribution in [2.24, 2.45) is 0 Å². The Kier molecular flexibility index (Phi) is 6.50. The van der Waals surface area contributed by atoms with Crippen LogP contribution in [-0.2, 0) is 25.5 Å². The van der Waals surface area contributed by atoms with E-state index in [4.69, 9.17) is 14.0 Å². The highest BCUT2D eigenvalue weighted by atomic mass is 32.1. The van der Waals surface area contributed by atoms with E-state index in [-0.39, 0.29) is 18.7 Å². The van der Waals surface area contributed by atoms with Crippen molar-refractivity contribution in [2.45, 2.75) is 18.9 Å². The van der Waals surface area contributed by atoms with Gasteiger partial charge in [-0.15, -0.1) is 0 Å². The fourth-order valence-corrected chi connectivity index (χ4v) is 3.74. The molecule has 0 bridgehead atoms. The van der Waals surface area contributed by atoms with Crippen molar-refractivity contribution in [1.82, 2.24) is 15.0 Å². The van der Waals surface area contributed by atoms with Crippen LogP contribution in [0.5, 0.6) is 0 Å². The molecule has 0 saturated carbocycles. The Balaban J connectivity index is 1.39. The number of hydrogen-bond donors (Lipinski definition) is 0. The molecule has 30 heavy (non-hydrogen) atoms. The van der Waals surface area contributed by atoms with Crippen LogP contribution in [0, 0.1) is 0 Å². The summed E-state index contributed by atoms with van der Waals surface area (Å²) in [5.41, 5.74) is 1.51. The van der Waals surface area contributed by atoms with E-state index in [1.807, 2.05) is 35.0 Å². The molecule has 2 aromatic heterocycles. The van der Waals surface area contributed by atoms with Crippen molar-refractivity contribution in [2.75, 3.05) is 26.3 Å². The van der Waals surface area contributed by atoms with Gasteiger partial charge in [-0.3, -0.25) is 9.59 Å². The van der Waals surface area contributed by atoms with Gasteiger partial charge < -0.3 is 18.9 Å². The topological polar surface area (TPSA) is 94.8 Å². The molecule has 156 valence electrons. The Hall–Kier alpha value is -3.04. The zero-order chi connectivity index (χ0) is 20.8. The van der Waals surface area contributed by atoms with Gasteiger partial charge in [-0.1, -0.05) is 35.5 Å². The second-order valence-corrected chi connectivity index (χ2v) is 7.52. The van der Waals surface area contributed by atoms with Crippen LogP contribution in [0.2, 0.25) is 0 Å². The highest BCUT2D eigenvalue weighted by molar-refractivity contribution is 7.08. The lowest BCUT2D eigenvalue weighted by Gasteiger charge is -2.30. The molecule has 8 nitrogen and oxygen atoms in total. The van der Waals surface area contributed by atoms with Crippen molar-refractivity contribution in [1.29, 1.82) is 0 Å². The summed E-state index contributed by atoms with van der Waals surface area (Å²) in [5, 5.41) is 7.78. The number of rotatable bonds is 7. The first-order valence-corrected chi connectivity index (χ1v) is 10.6. The van der Waals surface area contributed by atoms with Crippen molar-refractivity contribution in [3.63, 3.8) is 0 Å². The van der Waals surface area contributed by atoms with Crippen LogP contribution in [-0.4, -0.2) is 53.2 Å². The van der Waals surface area contributed by atoms with Crippen molar-refractivity contribution in [3.8, 4) is 11.4 Å². The first kappa shape index (κ1) is 20.2. The minimum atomic E-state index is -0.985. The molecule has 0 aliphatic carbocycles. The zero-order valence-electron chi connectivity index (χ0n) is 16.2. The average Bonchev–Trinajstić information content (AvgIpc) is 3.49. The number of hydrogen-bond acceptors (Lipinski definition) is 8. The summed E-state index contributed by atoms with van der Waals surface area (Å²) < 4.78 is 16.1. The SMILES string of the molecule is O=C(CCc1nc(-c2ccsc2)no1)OC(C(=O)N1CCOCC1)c1ccccc1. The molecule has 3 aromatic rings. The smallest absolute Gasteiger partial charge is 0.307 e. The van der Waals surface area contributed by atoms with Gasteiger partial charge in [0.25, 0.3) is 5.91 Å². The molecule has 1 aliphatic heterocycles. The van der Waals surface area contributed by atoms with E-state index in [9.17, 15) is 9.59 Å². The predicted octanol–water partition coefficient (Wildman–Crippen LogP) is 2.87. The van der Waals surface area contributed by atoms with Crippen molar-refractivity contribution in [3.05, 3.63) is 58.6 Å². The van der Waals surface area contributed by atoms with Gasteiger partial charge in [0.2, 0.25) is 17.8 Å². The maximum Gasteiger partial charge on any atom is 0.307 e. The van der Waals surface area contributed by atoms with Crippen LogP contribution >= 0.6 is 11.3 Å². The molecule has 0 spiro atoms. The van der Waals surface area contributed by atoms with Crippen LogP contribution in [0.25, 0.3) is 11.4 Å². The molecule has 9 heteroatoms. The normalized spacial score (nSPS) is 15.0. The second kappa shape index (κ2) is 9.64. The molecule has 0 radical (unpaired) electrons. The van der Waals surface area contributed by atoms with Crippen LogP contribution in [0.1, 0.15) is 24.0 Å². The van der Waals surface area contributed by atoms with Crippen LogP contribution in [0.3, 0.4) is 0 Å². The number of aryl methyl sites for hydroxylation is 1. The van der Waals surface area contributed by atoms with E-state index < -0.39 is 12.1 Å². The van der Waals surface area contributed by atoms with Gasteiger partial charge in [0.05, 0.1) is 19.6 Å². The lowest BCUT2D eigenvalue weighted by atomic mass is 10.1. The maximum absolute atomic E-state index is 13.0. The number of benzene rings is 1. The first-order chi connectivity index (χ1) is 14.7. The monoisotopic (exact) mass is 427 g/mol. The van der Waals surface area contributed by atoms with E-state index >= 15 is 0 Å². The molecule has 0 N–H and O–H groups in total. The van der Waals surface area contributed by atoms with Crippen LogP contribution in [0.4, 0.5) is 0 Å². The number of amides is 1. The van der Waals surface area contributed by atoms with Crippen molar-refractivity contribution >= 4 is 23.2 Å². The lowest BCUT2D eigenvalue weighted by molar-refractivity contribution is -0.162. The summed E-state index contributed by atoms with van der Waals surface area (Å²) in [6.45, 7) is 1.91. The Morgan fingerprint density at radius 1 is 1.17 bits per heavy atom. The Bertz CT molecular complexity index is 968. The van der Waals surface area contributed by atoms with Gasteiger partial charge in [-0.25, -0.2) is 0 Å². The molecule has 4 rings (SSSR count). The van der Waals surface area contributed by atoms with Crippen LogP contribution < -0.4 is 0 Å². The highest BCUT2D eigenvalue weighted by Gasteiger charge is 2.30.